The first-order chi connectivity index (χ1) is 13.6. The second-order valence-corrected chi connectivity index (χ2v) is 6.82. The molecule has 0 aliphatic carbocycles. The van der Waals surface area contributed by atoms with Crippen LogP contribution in [0.1, 0.15) is 28.4 Å². The summed E-state index contributed by atoms with van der Waals surface area (Å²) in [6.07, 6.45) is 1.98. The van der Waals surface area contributed by atoms with Crippen molar-refractivity contribution in [2.75, 3.05) is 21.0 Å². The smallest absolute Gasteiger partial charge is 0.271 e. The van der Waals surface area contributed by atoms with Gasteiger partial charge in [-0.2, -0.15) is 5.10 Å². The predicted octanol–water partition coefficient (Wildman–Crippen LogP) is 3.37. The molecule has 1 atom stereocenters. The molecule has 7 nitrogen and oxygen atoms in total. The predicted molar refractivity (Wildman–Crippen MR) is 106 cm³/mol. The van der Waals surface area contributed by atoms with Crippen LogP contribution < -0.4 is 24.4 Å². The zero-order valence-electron chi connectivity index (χ0n) is 15.8. The number of hydrogen-bond acceptors (Lipinski definition) is 6. The third-order valence-corrected chi connectivity index (χ3v) is 4.31. The Hall–Kier alpha value is -2.93. The average Bonchev–Trinajstić information content (AvgIpc) is 3.17. The number of amides is 1. The molecule has 28 heavy (non-hydrogen) atoms. The van der Waals surface area contributed by atoms with Crippen molar-refractivity contribution < 1.29 is 23.7 Å². The Bertz CT molecular complexity index is 884. The summed E-state index contributed by atoms with van der Waals surface area (Å²) in [4.78, 5) is 12.2. The van der Waals surface area contributed by atoms with Crippen LogP contribution in [0.4, 0.5) is 0 Å². The second kappa shape index (κ2) is 8.84. The lowest BCUT2D eigenvalue weighted by atomic mass is 9.99. The number of nitrogens with one attached hydrogen (secondary N) is 1. The number of methoxy groups -OCH3 is 2. The number of hydrazone groups is 1. The van der Waals surface area contributed by atoms with Crippen molar-refractivity contribution in [2.24, 2.45) is 5.10 Å². The Labute approximate surface area is 168 Å². The average molecular weight is 405 g/mol. The number of halogens is 1. The number of hydrogen-bond donors (Lipinski definition) is 1. The minimum absolute atomic E-state index is 0.0588. The van der Waals surface area contributed by atoms with Crippen molar-refractivity contribution in [2.45, 2.75) is 18.7 Å². The molecular formula is C20H21ClN2O5. The van der Waals surface area contributed by atoms with Crippen LogP contribution in [0.5, 0.6) is 23.0 Å². The van der Waals surface area contributed by atoms with Crippen molar-refractivity contribution in [3.63, 3.8) is 0 Å². The lowest BCUT2D eigenvalue weighted by molar-refractivity contribution is 0.0955. The van der Waals surface area contributed by atoms with Gasteiger partial charge < -0.3 is 18.9 Å². The van der Waals surface area contributed by atoms with Gasteiger partial charge in [-0.25, -0.2) is 5.43 Å². The summed E-state index contributed by atoms with van der Waals surface area (Å²) in [6, 6.07) is 8.81. The van der Waals surface area contributed by atoms with Gasteiger partial charge in [0.25, 0.3) is 5.91 Å². The Morgan fingerprint density at radius 2 is 1.86 bits per heavy atom. The van der Waals surface area contributed by atoms with Crippen LogP contribution in [-0.4, -0.2) is 38.5 Å². The standard InChI is InChI=1S/C20H21ClN2O5/c1-12(21)9-14-15(10-22-23-20(24)13-7-5-4-6-8-13)17(26-3)19-18(16(14)25-2)27-11-28-19/h4-8,10,12H,9,11H2,1-3H3,(H,23,24)/b22-10-/t12-/m0/s1. The zero-order chi connectivity index (χ0) is 20.1. The highest BCUT2D eigenvalue weighted by molar-refractivity contribution is 6.20. The normalized spacial score (nSPS) is 13.4. The molecule has 0 spiro atoms. The summed E-state index contributed by atoms with van der Waals surface area (Å²) in [6.45, 7) is 1.93. The van der Waals surface area contributed by atoms with Crippen LogP contribution in [0.15, 0.2) is 35.4 Å². The fourth-order valence-corrected chi connectivity index (χ4v) is 3.14. The third kappa shape index (κ3) is 3.99. The number of carbonyl (C=O) groups is 1. The molecule has 1 N–H and O–H groups in total. The quantitative estimate of drug-likeness (QED) is 0.435. The molecule has 148 valence electrons. The maximum atomic E-state index is 12.2. The molecule has 0 radical (unpaired) electrons. The first-order valence-electron chi connectivity index (χ1n) is 8.65. The summed E-state index contributed by atoms with van der Waals surface area (Å²) in [5.41, 5.74) is 4.37. The van der Waals surface area contributed by atoms with E-state index >= 15 is 0 Å². The van der Waals surface area contributed by atoms with Gasteiger partial charge in [-0.3, -0.25) is 4.79 Å². The molecule has 0 aromatic heterocycles. The Morgan fingerprint density at radius 3 is 2.46 bits per heavy atom. The van der Waals surface area contributed by atoms with Crippen LogP contribution in [0.25, 0.3) is 0 Å². The van der Waals surface area contributed by atoms with Crippen LogP contribution >= 0.6 is 11.6 Å². The van der Waals surface area contributed by atoms with Gasteiger partial charge in [0.15, 0.2) is 11.5 Å². The van der Waals surface area contributed by atoms with Crippen LogP contribution in [0.2, 0.25) is 0 Å². The molecule has 0 saturated heterocycles. The minimum Gasteiger partial charge on any atom is -0.492 e. The molecule has 2 aromatic rings. The van der Waals surface area contributed by atoms with Crippen molar-refractivity contribution in [3.05, 3.63) is 47.0 Å². The van der Waals surface area contributed by atoms with Crippen LogP contribution in [-0.2, 0) is 6.42 Å². The van der Waals surface area contributed by atoms with Gasteiger partial charge >= 0.3 is 0 Å². The minimum atomic E-state index is -0.323. The summed E-state index contributed by atoms with van der Waals surface area (Å²) in [5, 5.41) is 3.92. The van der Waals surface area contributed by atoms with E-state index in [1.54, 1.807) is 31.4 Å². The van der Waals surface area contributed by atoms with Crippen LogP contribution in [0, 0.1) is 0 Å². The molecule has 1 aliphatic rings. The van der Waals surface area contributed by atoms with E-state index in [4.69, 9.17) is 30.5 Å². The zero-order valence-corrected chi connectivity index (χ0v) is 16.6. The Balaban J connectivity index is 1.99. The van der Waals surface area contributed by atoms with E-state index in [0.29, 0.717) is 40.5 Å². The molecule has 1 heterocycles. The van der Waals surface area contributed by atoms with Gasteiger partial charge in [0.1, 0.15) is 0 Å². The molecule has 0 saturated carbocycles. The van der Waals surface area contributed by atoms with Gasteiger partial charge in [0.2, 0.25) is 18.3 Å². The second-order valence-electron chi connectivity index (χ2n) is 6.07. The molecular weight excluding hydrogens is 384 g/mol. The topological polar surface area (TPSA) is 78.4 Å². The monoisotopic (exact) mass is 404 g/mol. The van der Waals surface area contributed by atoms with Crippen LogP contribution in [0.3, 0.4) is 0 Å². The molecule has 0 fully saturated rings. The third-order valence-electron chi connectivity index (χ3n) is 4.16. The lowest BCUT2D eigenvalue weighted by Crippen LogP contribution is -2.17. The van der Waals surface area contributed by atoms with Gasteiger partial charge in [0, 0.05) is 22.1 Å². The summed E-state index contributed by atoms with van der Waals surface area (Å²) >= 11 is 6.24. The Kier molecular flexibility index (Phi) is 6.26. The van der Waals surface area contributed by atoms with E-state index in [1.807, 2.05) is 13.0 Å². The first-order valence-corrected chi connectivity index (χ1v) is 9.09. The first kappa shape index (κ1) is 19.8. The molecule has 1 amide bonds. The number of carbonyl (C=O) groups excluding carboxylic acids is 1. The van der Waals surface area contributed by atoms with Crippen molar-refractivity contribution in [1.82, 2.24) is 5.43 Å². The number of rotatable bonds is 7. The SMILES string of the molecule is COc1c(/C=N\NC(=O)c2ccccc2)c(C[C@H](C)Cl)c(OC)c2c1OCO2. The molecule has 0 unspecified atom stereocenters. The van der Waals surface area contributed by atoms with Gasteiger partial charge in [-0.1, -0.05) is 18.2 Å². The van der Waals surface area contributed by atoms with Crippen molar-refractivity contribution >= 4 is 23.7 Å². The number of ether oxygens (including phenoxy) is 4. The summed E-state index contributed by atoms with van der Waals surface area (Å²) in [7, 11) is 3.07. The van der Waals surface area contributed by atoms with Gasteiger partial charge in [0.05, 0.1) is 20.4 Å². The Morgan fingerprint density at radius 1 is 1.21 bits per heavy atom. The summed E-state index contributed by atoms with van der Waals surface area (Å²) < 4.78 is 22.2. The van der Waals surface area contributed by atoms with E-state index in [9.17, 15) is 4.79 Å². The number of nitrogens with zero attached hydrogens (tertiary/aromatic N) is 1. The molecule has 3 rings (SSSR count). The maximum Gasteiger partial charge on any atom is 0.271 e. The van der Waals surface area contributed by atoms with E-state index < -0.39 is 0 Å². The molecule has 0 bridgehead atoms. The maximum absolute atomic E-state index is 12.2. The van der Waals surface area contributed by atoms with Gasteiger partial charge in [-0.15, -0.1) is 11.6 Å². The molecule has 8 heteroatoms. The van der Waals surface area contributed by atoms with Crippen molar-refractivity contribution in [3.8, 4) is 23.0 Å². The highest BCUT2D eigenvalue weighted by Crippen LogP contribution is 2.52. The van der Waals surface area contributed by atoms with Crippen molar-refractivity contribution in [1.29, 1.82) is 0 Å². The lowest BCUT2D eigenvalue weighted by Gasteiger charge is -2.18. The highest BCUT2D eigenvalue weighted by Gasteiger charge is 2.31. The van der Waals surface area contributed by atoms with E-state index in [2.05, 4.69) is 10.5 Å². The molecule has 2 aromatic carbocycles. The fraction of sp³-hybridized carbons (Fsp3) is 0.300. The highest BCUT2D eigenvalue weighted by atomic mass is 35.5. The van der Waals surface area contributed by atoms with E-state index in [0.717, 1.165) is 5.56 Å². The van der Waals surface area contributed by atoms with E-state index in [-0.39, 0.29) is 18.1 Å². The fourth-order valence-electron chi connectivity index (χ4n) is 2.98. The molecule has 1 aliphatic heterocycles. The number of alkyl halides is 1. The summed E-state index contributed by atoms with van der Waals surface area (Å²) in [5.74, 6) is 1.53. The van der Waals surface area contributed by atoms with E-state index in [1.165, 1.54) is 13.3 Å². The largest absolute Gasteiger partial charge is 0.492 e. The number of fused-ring (bicyclic) bond motifs is 1. The number of benzene rings is 2. The van der Waals surface area contributed by atoms with Gasteiger partial charge in [-0.05, 0) is 25.5 Å².